The molecule has 1 rings (SSSR count). The van der Waals surface area contributed by atoms with Crippen molar-refractivity contribution in [2.45, 2.75) is 0 Å². The zero-order chi connectivity index (χ0) is 9.14. The van der Waals surface area contributed by atoms with Gasteiger partial charge in [-0.3, -0.25) is 4.79 Å². The average molecular weight is 189 g/mol. The fraction of sp³-hybridized carbons (Fsp3) is 0.143. The molecule has 12 heavy (non-hydrogen) atoms. The van der Waals surface area contributed by atoms with E-state index >= 15 is 0 Å². The minimum Gasteiger partial charge on any atom is -0.463 e. The topological polar surface area (TPSA) is 56.5 Å². The molecule has 0 aromatic carbocycles. The molecule has 0 fully saturated rings. The number of furan rings is 1. The van der Waals surface area contributed by atoms with Crippen LogP contribution in [0.3, 0.4) is 0 Å². The molecule has 0 N–H and O–H groups in total. The summed E-state index contributed by atoms with van der Waals surface area (Å²) in [6, 6.07) is 1.25. The van der Waals surface area contributed by atoms with Gasteiger partial charge in [0.1, 0.15) is 0 Å². The standard InChI is InChI=1S/C7H5ClO4/c1-11-7(10)6-4(3-9)2-5(8)12-6/h2-3H,1H3. The fourth-order valence-electron chi connectivity index (χ4n) is 0.713. The van der Waals surface area contributed by atoms with Crippen LogP contribution in [0.1, 0.15) is 20.9 Å². The maximum atomic E-state index is 10.9. The molecular weight excluding hydrogens is 184 g/mol. The molecule has 0 aliphatic rings. The van der Waals surface area contributed by atoms with E-state index in [1.807, 2.05) is 0 Å². The Hall–Kier alpha value is -1.29. The van der Waals surface area contributed by atoms with Gasteiger partial charge in [-0.15, -0.1) is 0 Å². The van der Waals surface area contributed by atoms with E-state index < -0.39 is 5.97 Å². The first-order chi connectivity index (χ1) is 5.69. The van der Waals surface area contributed by atoms with Crippen molar-refractivity contribution in [2.75, 3.05) is 7.11 Å². The smallest absolute Gasteiger partial charge is 0.374 e. The number of carbonyl (C=O) groups is 2. The Labute approximate surface area is 73.1 Å². The second-order valence-electron chi connectivity index (χ2n) is 1.94. The zero-order valence-corrected chi connectivity index (χ0v) is 6.92. The minimum atomic E-state index is -0.719. The van der Waals surface area contributed by atoms with Crippen molar-refractivity contribution in [2.24, 2.45) is 0 Å². The second kappa shape index (κ2) is 3.40. The first-order valence-corrected chi connectivity index (χ1v) is 3.39. The van der Waals surface area contributed by atoms with Crippen LogP contribution in [-0.4, -0.2) is 19.4 Å². The third-order valence-corrected chi connectivity index (χ3v) is 1.41. The molecule has 0 saturated carbocycles. The lowest BCUT2D eigenvalue weighted by atomic mass is 10.3. The summed E-state index contributed by atoms with van der Waals surface area (Å²) in [6.45, 7) is 0. The van der Waals surface area contributed by atoms with E-state index in [1.165, 1.54) is 13.2 Å². The van der Waals surface area contributed by atoms with Gasteiger partial charge in [0, 0.05) is 6.07 Å². The van der Waals surface area contributed by atoms with Crippen molar-refractivity contribution < 1.29 is 18.7 Å². The van der Waals surface area contributed by atoms with Crippen LogP contribution < -0.4 is 0 Å². The lowest BCUT2D eigenvalue weighted by Gasteiger charge is -1.92. The van der Waals surface area contributed by atoms with Gasteiger partial charge >= 0.3 is 5.97 Å². The summed E-state index contributed by atoms with van der Waals surface area (Å²) in [7, 11) is 1.19. The lowest BCUT2D eigenvalue weighted by Crippen LogP contribution is -2.01. The Morgan fingerprint density at radius 3 is 2.92 bits per heavy atom. The van der Waals surface area contributed by atoms with Gasteiger partial charge in [-0.05, 0) is 11.6 Å². The van der Waals surface area contributed by atoms with Crippen LogP contribution in [0.15, 0.2) is 10.5 Å². The van der Waals surface area contributed by atoms with Gasteiger partial charge in [0.15, 0.2) is 11.5 Å². The summed E-state index contributed by atoms with van der Waals surface area (Å²) < 4.78 is 9.06. The molecule has 0 aliphatic carbocycles. The van der Waals surface area contributed by atoms with Gasteiger partial charge in [0.25, 0.3) is 0 Å². The molecule has 0 unspecified atom stereocenters. The molecule has 1 heterocycles. The fourth-order valence-corrected chi connectivity index (χ4v) is 0.908. The largest absolute Gasteiger partial charge is 0.463 e. The highest BCUT2D eigenvalue weighted by Gasteiger charge is 2.17. The maximum Gasteiger partial charge on any atom is 0.374 e. The number of hydrogen-bond acceptors (Lipinski definition) is 4. The van der Waals surface area contributed by atoms with Gasteiger partial charge in [-0.2, -0.15) is 0 Å². The van der Waals surface area contributed by atoms with Crippen molar-refractivity contribution in [1.82, 2.24) is 0 Å². The highest BCUT2D eigenvalue weighted by Crippen LogP contribution is 2.18. The van der Waals surface area contributed by atoms with E-state index in [0.29, 0.717) is 6.29 Å². The summed E-state index contributed by atoms with van der Waals surface area (Å²) in [5, 5.41) is -0.0162. The van der Waals surface area contributed by atoms with E-state index in [4.69, 9.17) is 16.0 Å². The van der Waals surface area contributed by atoms with Gasteiger partial charge in [-0.1, -0.05) is 0 Å². The summed E-state index contributed by atoms with van der Waals surface area (Å²) in [5.41, 5.74) is 0.0897. The molecule has 4 nitrogen and oxygen atoms in total. The summed E-state index contributed by atoms with van der Waals surface area (Å²) in [6.07, 6.45) is 0.474. The summed E-state index contributed by atoms with van der Waals surface area (Å²) >= 11 is 5.41. The van der Waals surface area contributed by atoms with E-state index in [0.717, 1.165) is 0 Å². The predicted molar refractivity (Wildman–Crippen MR) is 40.4 cm³/mol. The van der Waals surface area contributed by atoms with Crippen LogP contribution in [0, 0.1) is 0 Å². The molecule has 1 aromatic rings. The van der Waals surface area contributed by atoms with Gasteiger partial charge in [0.2, 0.25) is 5.76 Å². The molecular formula is C7H5ClO4. The van der Waals surface area contributed by atoms with Crippen LogP contribution in [0.4, 0.5) is 0 Å². The number of halogens is 1. The van der Waals surface area contributed by atoms with Gasteiger partial charge in [0.05, 0.1) is 12.7 Å². The van der Waals surface area contributed by atoms with Gasteiger partial charge < -0.3 is 9.15 Å². The summed E-state index contributed by atoms with van der Waals surface area (Å²) in [5.74, 6) is -0.888. The summed E-state index contributed by atoms with van der Waals surface area (Å²) in [4.78, 5) is 21.2. The average Bonchev–Trinajstić information content (AvgIpc) is 2.45. The normalized spacial score (nSPS) is 9.50. The number of methoxy groups -OCH3 is 1. The Morgan fingerprint density at radius 1 is 1.75 bits per heavy atom. The van der Waals surface area contributed by atoms with E-state index in [9.17, 15) is 9.59 Å². The van der Waals surface area contributed by atoms with E-state index in [2.05, 4.69) is 4.74 Å². The van der Waals surface area contributed by atoms with Crippen molar-refractivity contribution >= 4 is 23.9 Å². The molecule has 0 radical (unpaired) electrons. The van der Waals surface area contributed by atoms with Gasteiger partial charge in [-0.25, -0.2) is 4.79 Å². The first-order valence-electron chi connectivity index (χ1n) is 3.02. The molecule has 0 atom stereocenters. The van der Waals surface area contributed by atoms with Crippen LogP contribution in [-0.2, 0) is 4.74 Å². The monoisotopic (exact) mass is 188 g/mol. The Kier molecular flexibility index (Phi) is 2.50. The molecule has 64 valence electrons. The highest BCUT2D eigenvalue weighted by molar-refractivity contribution is 6.29. The number of ether oxygens (including phenoxy) is 1. The lowest BCUT2D eigenvalue weighted by molar-refractivity contribution is 0.0562. The first kappa shape index (κ1) is 8.80. The number of hydrogen-bond donors (Lipinski definition) is 0. The molecule has 0 spiro atoms. The molecule has 0 saturated heterocycles. The zero-order valence-electron chi connectivity index (χ0n) is 6.17. The van der Waals surface area contributed by atoms with Crippen molar-refractivity contribution in [1.29, 1.82) is 0 Å². The second-order valence-corrected chi connectivity index (χ2v) is 2.32. The number of aldehydes is 1. The maximum absolute atomic E-state index is 10.9. The van der Waals surface area contributed by atoms with Crippen molar-refractivity contribution in [3.63, 3.8) is 0 Å². The molecule has 0 bridgehead atoms. The molecule has 0 amide bonds. The van der Waals surface area contributed by atoms with E-state index in [1.54, 1.807) is 0 Å². The Bertz CT molecular complexity index is 315. The molecule has 1 aromatic heterocycles. The Morgan fingerprint density at radius 2 is 2.42 bits per heavy atom. The quantitative estimate of drug-likeness (QED) is 0.522. The Balaban J connectivity index is 3.12. The van der Waals surface area contributed by atoms with Crippen LogP contribution in [0.5, 0.6) is 0 Å². The minimum absolute atomic E-state index is 0.0162. The SMILES string of the molecule is COC(=O)c1oc(Cl)cc1C=O. The van der Waals surface area contributed by atoms with Crippen LogP contribution in [0.25, 0.3) is 0 Å². The third-order valence-electron chi connectivity index (χ3n) is 1.23. The van der Waals surface area contributed by atoms with Crippen molar-refractivity contribution in [3.05, 3.63) is 22.6 Å². The number of carbonyl (C=O) groups excluding carboxylic acids is 2. The van der Waals surface area contributed by atoms with Crippen LogP contribution in [0.2, 0.25) is 5.22 Å². The molecule has 0 aliphatic heterocycles. The number of esters is 1. The van der Waals surface area contributed by atoms with E-state index in [-0.39, 0.29) is 16.5 Å². The van der Waals surface area contributed by atoms with Crippen LogP contribution >= 0.6 is 11.6 Å². The molecule has 5 heteroatoms. The van der Waals surface area contributed by atoms with Crippen molar-refractivity contribution in [3.8, 4) is 0 Å². The highest BCUT2D eigenvalue weighted by atomic mass is 35.5. The third kappa shape index (κ3) is 1.48. The number of rotatable bonds is 2. The predicted octanol–water partition coefficient (Wildman–Crippen LogP) is 1.53.